The topological polar surface area (TPSA) is 97.2 Å². The lowest BCUT2D eigenvalue weighted by atomic mass is 10.1. The molecule has 0 bridgehead atoms. The number of anilines is 2. The lowest BCUT2D eigenvalue weighted by molar-refractivity contribution is -0.113. The van der Waals surface area contributed by atoms with E-state index in [1.165, 1.54) is 16.7 Å². The molecule has 1 N–H and O–H groups in total. The summed E-state index contributed by atoms with van der Waals surface area (Å²) in [7, 11) is 0. The first-order valence-electron chi connectivity index (χ1n) is 11.6. The number of hydrogen-bond donors (Lipinski definition) is 1. The van der Waals surface area contributed by atoms with Crippen LogP contribution in [0.4, 0.5) is 11.4 Å². The number of rotatable bonds is 7. The molecule has 0 radical (unpaired) electrons. The molecule has 2 heterocycles. The van der Waals surface area contributed by atoms with E-state index in [1.54, 1.807) is 60.7 Å². The second kappa shape index (κ2) is 10.2. The average molecular weight is 532 g/mol. The zero-order valence-corrected chi connectivity index (χ0v) is 21.6. The van der Waals surface area contributed by atoms with E-state index in [0.29, 0.717) is 45.0 Å². The van der Waals surface area contributed by atoms with Gasteiger partial charge in [-0.1, -0.05) is 41.6 Å². The number of imide groups is 1. The van der Waals surface area contributed by atoms with Crippen LogP contribution in [0, 0.1) is 6.92 Å². The van der Waals surface area contributed by atoms with Crippen molar-refractivity contribution in [2.24, 2.45) is 0 Å². The van der Waals surface area contributed by atoms with Crippen LogP contribution in [0.2, 0.25) is 5.02 Å². The molecule has 1 aromatic heterocycles. The third-order valence-electron chi connectivity index (χ3n) is 6.02. The van der Waals surface area contributed by atoms with Crippen molar-refractivity contribution in [3.05, 3.63) is 88.4 Å². The summed E-state index contributed by atoms with van der Waals surface area (Å²) in [4.78, 5) is 39.3. The van der Waals surface area contributed by atoms with Gasteiger partial charge >= 0.3 is 0 Å². The molecule has 5 rings (SSSR count). The molecule has 0 spiro atoms. The van der Waals surface area contributed by atoms with E-state index in [2.05, 4.69) is 15.5 Å². The summed E-state index contributed by atoms with van der Waals surface area (Å²) >= 11 is 7.33. The zero-order valence-electron chi connectivity index (χ0n) is 20.1. The molecule has 8 nitrogen and oxygen atoms in total. The predicted molar refractivity (Wildman–Crippen MR) is 144 cm³/mol. The number of halogens is 1. The Morgan fingerprint density at radius 3 is 2.30 bits per heavy atom. The number of carbonyl (C=O) groups excluding carboxylic acids is 3. The van der Waals surface area contributed by atoms with Gasteiger partial charge in [-0.05, 0) is 67.9 Å². The minimum Gasteiger partial charge on any atom is -0.325 e. The van der Waals surface area contributed by atoms with E-state index < -0.39 is 0 Å². The molecule has 0 unspecified atom stereocenters. The lowest BCUT2D eigenvalue weighted by Crippen LogP contribution is -2.29. The predicted octanol–water partition coefficient (Wildman–Crippen LogP) is 5.46. The van der Waals surface area contributed by atoms with Gasteiger partial charge in [-0.15, -0.1) is 10.2 Å². The van der Waals surface area contributed by atoms with Gasteiger partial charge in [0.15, 0.2) is 11.0 Å². The van der Waals surface area contributed by atoms with E-state index >= 15 is 0 Å². The van der Waals surface area contributed by atoms with Crippen molar-refractivity contribution >= 4 is 52.5 Å². The first kappa shape index (κ1) is 24.7. The molecule has 3 amide bonds. The normalized spacial score (nSPS) is 12.7. The molecule has 0 fully saturated rings. The van der Waals surface area contributed by atoms with Gasteiger partial charge in [0.05, 0.1) is 22.6 Å². The van der Waals surface area contributed by atoms with E-state index in [0.717, 1.165) is 11.1 Å². The average Bonchev–Trinajstić information content (AvgIpc) is 3.43. The molecule has 1 aliphatic rings. The zero-order chi connectivity index (χ0) is 26.1. The number of carbonyl (C=O) groups is 3. The Labute approximate surface area is 222 Å². The van der Waals surface area contributed by atoms with Crippen LogP contribution in [-0.2, 0) is 11.3 Å². The number of benzene rings is 3. The van der Waals surface area contributed by atoms with Crippen LogP contribution >= 0.6 is 23.4 Å². The van der Waals surface area contributed by atoms with Crippen molar-refractivity contribution in [2.75, 3.05) is 16.0 Å². The van der Waals surface area contributed by atoms with Gasteiger partial charge < -0.3 is 9.88 Å². The fourth-order valence-corrected chi connectivity index (χ4v) is 5.10. The fourth-order valence-electron chi connectivity index (χ4n) is 4.12. The third kappa shape index (κ3) is 4.75. The Balaban J connectivity index is 1.30. The number of aromatic nitrogens is 3. The molecule has 4 aromatic rings. The number of amides is 3. The quantitative estimate of drug-likeness (QED) is 0.251. The van der Waals surface area contributed by atoms with Crippen molar-refractivity contribution < 1.29 is 14.4 Å². The number of nitrogens with one attached hydrogen (secondary N) is 1. The van der Waals surface area contributed by atoms with Gasteiger partial charge in [-0.3, -0.25) is 14.4 Å². The lowest BCUT2D eigenvalue weighted by Gasteiger charge is -2.14. The third-order valence-corrected chi connectivity index (χ3v) is 7.22. The molecular formula is C27H22ClN5O3S. The van der Waals surface area contributed by atoms with Crippen LogP contribution in [-0.4, -0.2) is 38.2 Å². The maximum atomic E-state index is 12.8. The summed E-state index contributed by atoms with van der Waals surface area (Å²) in [5.74, 6) is -0.0640. The van der Waals surface area contributed by atoms with Gasteiger partial charge in [-0.2, -0.15) is 0 Å². The molecule has 1 aliphatic heterocycles. The Morgan fingerprint density at radius 2 is 1.65 bits per heavy atom. The summed E-state index contributed by atoms with van der Waals surface area (Å²) in [5, 5.41) is 12.7. The van der Waals surface area contributed by atoms with E-state index in [4.69, 9.17) is 11.6 Å². The number of thioether (sulfide) groups is 1. The first-order chi connectivity index (χ1) is 17.9. The molecule has 0 saturated heterocycles. The number of aryl methyl sites for hydroxylation is 1. The molecule has 37 heavy (non-hydrogen) atoms. The van der Waals surface area contributed by atoms with Crippen molar-refractivity contribution in [3.63, 3.8) is 0 Å². The minimum atomic E-state index is -0.338. The largest absolute Gasteiger partial charge is 0.325 e. The Kier molecular flexibility index (Phi) is 6.82. The minimum absolute atomic E-state index is 0.156. The number of nitrogens with zero attached hydrogens (tertiary/aromatic N) is 4. The first-order valence-corrected chi connectivity index (χ1v) is 12.9. The van der Waals surface area contributed by atoms with Gasteiger partial charge in [0.2, 0.25) is 5.91 Å². The monoisotopic (exact) mass is 531 g/mol. The SMILES string of the molecule is CCn1c(SCC(=O)Nc2cc(Cl)ccc2C)nnc1-c1ccc(N2C(=O)c3ccccc3C2=O)cc1. The Morgan fingerprint density at radius 1 is 0.973 bits per heavy atom. The molecule has 0 aliphatic carbocycles. The Bertz CT molecular complexity index is 1500. The van der Waals surface area contributed by atoms with Crippen molar-refractivity contribution in [1.82, 2.24) is 14.8 Å². The summed E-state index contributed by atoms with van der Waals surface area (Å²) in [5.41, 5.74) is 3.66. The van der Waals surface area contributed by atoms with E-state index in [-0.39, 0.29) is 23.5 Å². The van der Waals surface area contributed by atoms with Crippen LogP contribution < -0.4 is 10.2 Å². The highest BCUT2D eigenvalue weighted by molar-refractivity contribution is 7.99. The fraction of sp³-hybridized carbons (Fsp3) is 0.148. The number of fused-ring (bicyclic) bond motifs is 1. The van der Waals surface area contributed by atoms with Gasteiger partial charge in [-0.25, -0.2) is 4.90 Å². The highest BCUT2D eigenvalue weighted by Crippen LogP contribution is 2.31. The molecule has 3 aromatic carbocycles. The maximum absolute atomic E-state index is 12.8. The van der Waals surface area contributed by atoms with E-state index in [1.807, 2.05) is 24.5 Å². The van der Waals surface area contributed by atoms with Crippen LogP contribution in [0.25, 0.3) is 11.4 Å². The van der Waals surface area contributed by atoms with Crippen molar-refractivity contribution in [2.45, 2.75) is 25.5 Å². The van der Waals surface area contributed by atoms with Crippen molar-refractivity contribution in [1.29, 1.82) is 0 Å². The molecule has 186 valence electrons. The van der Waals surface area contributed by atoms with Crippen LogP contribution in [0.15, 0.2) is 71.9 Å². The standard InChI is InChI=1S/C27H22ClN5O3S/c1-3-32-24(30-31-27(32)37-15-23(34)29-22-14-18(28)11-8-16(22)2)17-9-12-19(13-10-17)33-25(35)20-6-4-5-7-21(20)26(33)36/h4-14H,3,15H2,1-2H3,(H,29,34). The van der Waals surface area contributed by atoms with Gasteiger partial charge in [0.1, 0.15) is 0 Å². The van der Waals surface area contributed by atoms with E-state index in [9.17, 15) is 14.4 Å². The molecular weight excluding hydrogens is 510 g/mol. The summed E-state index contributed by atoms with van der Waals surface area (Å²) in [6, 6.07) is 19.2. The summed E-state index contributed by atoms with van der Waals surface area (Å²) in [6.07, 6.45) is 0. The Hall–Kier alpha value is -3.95. The van der Waals surface area contributed by atoms with Crippen LogP contribution in [0.1, 0.15) is 33.2 Å². The summed E-state index contributed by atoms with van der Waals surface area (Å²) < 4.78 is 1.92. The smallest absolute Gasteiger partial charge is 0.266 e. The second-order valence-corrected chi connectivity index (χ2v) is 9.76. The summed E-state index contributed by atoms with van der Waals surface area (Å²) in [6.45, 7) is 4.47. The second-order valence-electron chi connectivity index (χ2n) is 8.38. The highest BCUT2D eigenvalue weighted by atomic mass is 35.5. The van der Waals surface area contributed by atoms with Gasteiger partial charge in [0.25, 0.3) is 11.8 Å². The van der Waals surface area contributed by atoms with Crippen molar-refractivity contribution in [3.8, 4) is 11.4 Å². The van der Waals surface area contributed by atoms with Crippen LogP contribution in [0.5, 0.6) is 0 Å². The highest BCUT2D eigenvalue weighted by Gasteiger charge is 2.36. The maximum Gasteiger partial charge on any atom is 0.266 e. The molecule has 0 atom stereocenters. The van der Waals surface area contributed by atoms with Crippen LogP contribution in [0.3, 0.4) is 0 Å². The molecule has 10 heteroatoms. The molecule has 0 saturated carbocycles. The number of hydrogen-bond acceptors (Lipinski definition) is 6. The van der Waals surface area contributed by atoms with Gasteiger partial charge in [0, 0.05) is 22.8 Å².